The molecule has 87 heavy (non-hydrogen) atoms. The van der Waals surface area contributed by atoms with Crippen LogP contribution >= 0.6 is 0 Å². The van der Waals surface area contributed by atoms with Crippen LogP contribution in [0, 0.1) is 11.8 Å². The van der Waals surface area contributed by atoms with E-state index in [2.05, 4.69) is 67.0 Å². The molecule has 1 atom stereocenters. The number of fused-ring (bicyclic) bond motifs is 2. The molecule has 0 saturated carbocycles. The number of methoxy groups -OCH3 is 1. The van der Waals surface area contributed by atoms with Crippen molar-refractivity contribution >= 4 is 39.2 Å². The Balaban J connectivity index is 0.596. The number of anilines is 2. The van der Waals surface area contributed by atoms with Crippen LogP contribution in [-0.2, 0) is 45.7 Å². The van der Waals surface area contributed by atoms with Crippen molar-refractivity contribution in [2.75, 3.05) is 123 Å². The molecule has 466 valence electrons. The monoisotopic (exact) mass is 1200 g/mol. The lowest BCUT2D eigenvalue weighted by Gasteiger charge is -2.38. The second-order valence-corrected chi connectivity index (χ2v) is 22.3. The van der Waals surface area contributed by atoms with Crippen LogP contribution in [0.1, 0.15) is 61.9 Å². The molecule has 3 aromatic carbocycles. The van der Waals surface area contributed by atoms with Crippen molar-refractivity contribution in [2.45, 2.75) is 82.4 Å². The first-order valence-corrected chi connectivity index (χ1v) is 29.9. The maximum Gasteiger partial charge on any atom is 0.406 e. The summed E-state index contributed by atoms with van der Waals surface area (Å²) < 4.78 is 74.1. The largest absolute Gasteiger partial charge is 0.494 e. The fourth-order valence-electron chi connectivity index (χ4n) is 11.0. The smallest absolute Gasteiger partial charge is 0.406 e. The van der Waals surface area contributed by atoms with Gasteiger partial charge in [0.15, 0.2) is 5.52 Å². The maximum absolute atomic E-state index is 13.8. The van der Waals surface area contributed by atoms with Gasteiger partial charge in [-0.05, 0) is 106 Å². The Kier molecular flexibility index (Phi) is 22.7. The Labute approximate surface area is 505 Å². The van der Waals surface area contributed by atoms with E-state index in [1.165, 1.54) is 15.5 Å². The number of carbonyl (C=O) groups excluding carboxylic acids is 1. The summed E-state index contributed by atoms with van der Waals surface area (Å²) in [4.78, 5) is 40.2. The Morgan fingerprint density at radius 3 is 2.29 bits per heavy atom. The van der Waals surface area contributed by atoms with Gasteiger partial charge in [0.25, 0.3) is 5.56 Å². The van der Waals surface area contributed by atoms with E-state index in [1.807, 2.05) is 53.4 Å². The number of pyridine rings is 1. The minimum Gasteiger partial charge on any atom is -0.494 e. The zero-order valence-electron chi connectivity index (χ0n) is 50.2. The molecule has 0 bridgehead atoms. The number of benzene rings is 3. The van der Waals surface area contributed by atoms with Crippen molar-refractivity contribution in [3.63, 3.8) is 0 Å². The number of aromatic nitrogens is 6. The topological polar surface area (TPSA) is 209 Å². The number of aryl methyl sites for hydroxylation is 1. The number of ether oxygens (including phenoxy) is 5. The van der Waals surface area contributed by atoms with Crippen LogP contribution in [0.4, 0.5) is 24.5 Å². The molecule has 20 nitrogen and oxygen atoms in total. The van der Waals surface area contributed by atoms with Crippen LogP contribution in [0.2, 0.25) is 0 Å². The summed E-state index contributed by atoms with van der Waals surface area (Å²) in [6.07, 6.45) is 1.84. The van der Waals surface area contributed by atoms with Crippen LogP contribution in [0.5, 0.6) is 11.5 Å². The van der Waals surface area contributed by atoms with E-state index in [0.29, 0.717) is 131 Å². The molecule has 1 amide bonds. The number of hydrogen-bond acceptors (Lipinski definition) is 16. The average Bonchev–Trinajstić information content (AvgIpc) is 2.19. The molecule has 0 radical (unpaired) electrons. The Bertz CT molecular complexity index is 3460. The molecule has 7 aromatic rings. The van der Waals surface area contributed by atoms with E-state index in [-0.39, 0.29) is 47.7 Å². The Hall–Kier alpha value is -7.56. The lowest BCUT2D eigenvalue weighted by atomic mass is 9.90. The zero-order valence-corrected chi connectivity index (χ0v) is 50.2. The maximum atomic E-state index is 13.8. The van der Waals surface area contributed by atoms with Gasteiger partial charge in [0.1, 0.15) is 30.2 Å². The van der Waals surface area contributed by atoms with Crippen LogP contribution in [-0.4, -0.2) is 180 Å². The second-order valence-electron chi connectivity index (χ2n) is 22.3. The molecule has 0 spiro atoms. The molecular weight excluding hydrogens is 1120 g/mol. The molecule has 2 aliphatic rings. The first kappa shape index (κ1) is 63.9. The molecule has 6 heterocycles. The van der Waals surface area contributed by atoms with Gasteiger partial charge in [-0.15, -0.1) is 0 Å². The summed E-state index contributed by atoms with van der Waals surface area (Å²) >= 11 is 0. The summed E-state index contributed by atoms with van der Waals surface area (Å²) in [7, 11) is 5.41. The Morgan fingerprint density at radius 2 is 1.56 bits per heavy atom. The number of alkyl halides is 3. The van der Waals surface area contributed by atoms with Gasteiger partial charge < -0.3 is 64.4 Å². The van der Waals surface area contributed by atoms with Gasteiger partial charge in [-0.1, -0.05) is 49.2 Å². The summed E-state index contributed by atoms with van der Waals surface area (Å²) in [6.45, 7) is 9.56. The summed E-state index contributed by atoms with van der Waals surface area (Å²) in [6, 6.07) is 26.6. The van der Waals surface area contributed by atoms with Crippen LogP contribution < -0.4 is 36.3 Å². The van der Waals surface area contributed by atoms with Crippen molar-refractivity contribution in [1.82, 2.24) is 49.3 Å². The molecule has 4 aromatic heterocycles. The molecule has 0 unspecified atom stereocenters. The van der Waals surface area contributed by atoms with Gasteiger partial charge in [0, 0.05) is 87.7 Å². The highest BCUT2D eigenvalue weighted by atomic mass is 19.4. The minimum atomic E-state index is -4.42. The highest BCUT2D eigenvalue weighted by Gasteiger charge is 2.36. The highest BCUT2D eigenvalue weighted by Crippen LogP contribution is 2.33. The molecule has 2 aliphatic heterocycles. The first-order valence-electron chi connectivity index (χ1n) is 29.9. The number of halogens is 3. The normalized spacial score (nSPS) is 15.1. The molecule has 23 heteroatoms. The van der Waals surface area contributed by atoms with Gasteiger partial charge in [-0.25, -0.2) is 4.98 Å². The third-order valence-electron chi connectivity index (χ3n) is 15.8. The lowest BCUT2D eigenvalue weighted by molar-refractivity contribution is -0.140. The van der Waals surface area contributed by atoms with E-state index >= 15 is 0 Å². The minimum absolute atomic E-state index is 0.0594. The fraction of sp³-hybridized carbons (Fsp3) is 0.484. The number of piperidine rings is 2. The van der Waals surface area contributed by atoms with Gasteiger partial charge in [0.2, 0.25) is 5.91 Å². The SMILES string of the molecule is COc1cc(OCCOCCOCCOCCNCCNCc2ccc(-c3c4ncn(CC5(O)CCN(C(=O)C[C@@H](C)c6ccccc6)CC5)c(=O)c4nn3C)cn2)ccc1NCC#Cc1cc2c(NC3CCN(C)CC3)cccc2n1CC(F)(F)F. The van der Waals surface area contributed by atoms with Crippen LogP contribution in [0.3, 0.4) is 0 Å². The lowest BCUT2D eigenvalue weighted by Crippen LogP contribution is -2.49. The average molecular weight is 1200 g/mol. The van der Waals surface area contributed by atoms with E-state index in [1.54, 1.807) is 61.4 Å². The van der Waals surface area contributed by atoms with Crippen molar-refractivity contribution in [3.8, 4) is 34.6 Å². The van der Waals surface area contributed by atoms with E-state index in [0.717, 1.165) is 61.5 Å². The van der Waals surface area contributed by atoms with Crippen molar-refractivity contribution in [3.05, 3.63) is 125 Å². The van der Waals surface area contributed by atoms with Gasteiger partial charge in [-0.3, -0.25) is 23.8 Å². The number of rotatable bonds is 30. The van der Waals surface area contributed by atoms with E-state index in [4.69, 9.17) is 23.7 Å². The van der Waals surface area contributed by atoms with E-state index < -0.39 is 18.3 Å². The zero-order chi connectivity index (χ0) is 61.2. The van der Waals surface area contributed by atoms with Crippen molar-refractivity contribution < 1.29 is 46.8 Å². The van der Waals surface area contributed by atoms with Gasteiger partial charge in [0.05, 0.1) is 100 Å². The number of nitrogens with one attached hydrogen (secondary N) is 4. The number of hydrogen-bond donors (Lipinski definition) is 5. The number of likely N-dealkylation sites (tertiary alicyclic amines) is 2. The van der Waals surface area contributed by atoms with Crippen LogP contribution in [0.25, 0.3) is 33.2 Å². The third-order valence-corrected chi connectivity index (χ3v) is 15.8. The molecule has 2 saturated heterocycles. The number of carbonyl (C=O) groups is 1. The summed E-state index contributed by atoms with van der Waals surface area (Å²) in [5.74, 6) is 7.25. The number of aliphatic hydroxyl groups is 1. The van der Waals surface area contributed by atoms with Crippen molar-refractivity contribution in [2.24, 2.45) is 7.05 Å². The third kappa shape index (κ3) is 18.0. The molecular formula is C64H81F3N12O8. The summed E-state index contributed by atoms with van der Waals surface area (Å²) in [5, 5.41) is 30.3. The number of amides is 1. The molecule has 2 fully saturated rings. The first-order chi connectivity index (χ1) is 42.1. The molecule has 0 aliphatic carbocycles. The van der Waals surface area contributed by atoms with Crippen LogP contribution in [0.15, 0.2) is 102 Å². The predicted molar refractivity (Wildman–Crippen MR) is 329 cm³/mol. The standard InChI is InChI=1S/C64H81F3N12O8/c1-46(47-10-6-5-7-11-47)38-58(80)77-29-21-63(82,22-30-77)43-78-45-72-59-60(62(78)81)74-76(3)61(59)48-15-16-50(71-41-48)42-69-25-24-68-26-31-84-32-33-85-34-35-86-36-37-87-52-17-18-55(57(40-52)83-4)70-23-9-12-51-39-53-54(73-49-19-27-75(2)28-20-49)13-8-14-56(53)79(51)44-64(65,66)67/h5-8,10-11,13-18,39-41,45-46,49,68-70,73,82H,19-38,42-44H2,1-4H3/t46-/m1/s1. The molecule has 5 N–H and O–H groups in total. The molecule has 9 rings (SSSR count). The van der Waals surface area contributed by atoms with Gasteiger partial charge >= 0.3 is 6.18 Å². The fourth-order valence-corrected chi connectivity index (χ4v) is 11.0. The van der Waals surface area contributed by atoms with E-state index in [9.17, 15) is 27.9 Å². The quantitative estimate of drug-likeness (QED) is 0.0226. The summed E-state index contributed by atoms with van der Waals surface area (Å²) in [5.41, 5.74) is 4.85. The predicted octanol–water partition coefficient (Wildman–Crippen LogP) is 7.04. The van der Waals surface area contributed by atoms with Gasteiger partial charge in [-0.2, -0.15) is 18.3 Å². The van der Waals surface area contributed by atoms with Crippen molar-refractivity contribution in [1.29, 1.82) is 0 Å². The highest BCUT2D eigenvalue weighted by molar-refractivity contribution is 5.94. The number of nitrogens with zero attached hydrogens (tertiary/aromatic N) is 8. The Morgan fingerprint density at radius 1 is 0.828 bits per heavy atom. The second kappa shape index (κ2) is 30.9.